The van der Waals surface area contributed by atoms with Crippen LogP contribution in [0.3, 0.4) is 0 Å². The zero-order valence-corrected chi connectivity index (χ0v) is 24.8. The number of nitrogens with zero attached hydrogens (tertiary/aromatic N) is 1. The molecule has 3 nitrogen and oxygen atoms in total. The molecule has 40 heavy (non-hydrogen) atoms. The average Bonchev–Trinajstić information content (AvgIpc) is 2.96. The first kappa shape index (κ1) is 33.6. The number of pyridine rings is 1. The molecular formula is C36H42FNO2. The normalized spacial score (nSPS) is 9.00. The van der Waals surface area contributed by atoms with E-state index in [2.05, 4.69) is 31.0 Å². The van der Waals surface area contributed by atoms with Gasteiger partial charge >= 0.3 is 0 Å². The van der Waals surface area contributed by atoms with Crippen LogP contribution in [0.25, 0.3) is 0 Å². The molecule has 0 atom stereocenters. The fourth-order valence-electron chi connectivity index (χ4n) is 2.98. The lowest BCUT2D eigenvalue weighted by Crippen LogP contribution is -1.81. The van der Waals surface area contributed by atoms with Crippen LogP contribution in [0.15, 0.2) is 128 Å². The van der Waals surface area contributed by atoms with Gasteiger partial charge < -0.3 is 9.47 Å². The highest BCUT2D eigenvalue weighted by atomic mass is 19.1. The highest BCUT2D eigenvalue weighted by Gasteiger charge is 1.87. The van der Waals surface area contributed by atoms with E-state index in [1.165, 1.54) is 34.4 Å². The standard InChI is InChI=1S/2C8H10O.C7H7F.C7H8.C6H7N/c1-7-3-5-8(9-2)6-4-7;1-7-4-3-5-8(6-7)9-2;1-6-3-2-4-7(8)5-6;1-7-5-3-2-4-6-7;1-6-2-4-7-5-3-6/h2*3-6H,1-2H3;2-5H,1H3;2-6H,1H3;2-5H,1H3. The Bertz CT molecular complexity index is 1250. The van der Waals surface area contributed by atoms with Crippen LogP contribution in [0, 0.1) is 40.4 Å². The van der Waals surface area contributed by atoms with E-state index in [0.29, 0.717) is 0 Å². The third-order valence-electron chi connectivity index (χ3n) is 5.25. The van der Waals surface area contributed by atoms with Crippen LogP contribution in [-0.4, -0.2) is 19.2 Å². The van der Waals surface area contributed by atoms with Crippen molar-refractivity contribution in [2.75, 3.05) is 14.2 Å². The van der Waals surface area contributed by atoms with Crippen LogP contribution in [-0.2, 0) is 0 Å². The van der Waals surface area contributed by atoms with Gasteiger partial charge in [-0.05, 0) is 99.8 Å². The number of aryl methyl sites for hydroxylation is 5. The van der Waals surface area contributed by atoms with Crippen LogP contribution in [0.5, 0.6) is 11.5 Å². The fraction of sp³-hybridized carbons (Fsp3) is 0.194. The first-order valence-corrected chi connectivity index (χ1v) is 13.0. The molecular weight excluding hydrogens is 497 g/mol. The molecule has 210 valence electrons. The van der Waals surface area contributed by atoms with E-state index in [-0.39, 0.29) is 5.82 Å². The summed E-state index contributed by atoms with van der Waals surface area (Å²) >= 11 is 0. The van der Waals surface area contributed by atoms with Crippen LogP contribution >= 0.6 is 0 Å². The number of aromatic nitrogens is 1. The van der Waals surface area contributed by atoms with Gasteiger partial charge in [0.15, 0.2) is 0 Å². The second kappa shape index (κ2) is 20.5. The molecule has 0 aliphatic carbocycles. The fourth-order valence-corrected chi connectivity index (χ4v) is 2.98. The summed E-state index contributed by atoms with van der Waals surface area (Å²) in [5, 5.41) is 0. The molecule has 0 bridgehead atoms. The van der Waals surface area contributed by atoms with Gasteiger partial charge in [0.1, 0.15) is 17.3 Å². The Kier molecular flexibility index (Phi) is 17.2. The Morgan fingerprint density at radius 3 is 1.27 bits per heavy atom. The smallest absolute Gasteiger partial charge is 0.123 e. The first-order valence-electron chi connectivity index (χ1n) is 13.0. The lowest BCUT2D eigenvalue weighted by Gasteiger charge is -1.97. The molecule has 0 N–H and O–H groups in total. The molecule has 0 aliphatic rings. The van der Waals surface area contributed by atoms with Crippen molar-refractivity contribution in [3.05, 3.63) is 161 Å². The van der Waals surface area contributed by atoms with Crippen LogP contribution in [0.2, 0.25) is 0 Å². The van der Waals surface area contributed by atoms with Crippen molar-refractivity contribution in [3.63, 3.8) is 0 Å². The third kappa shape index (κ3) is 17.1. The van der Waals surface area contributed by atoms with Gasteiger partial charge in [0, 0.05) is 12.4 Å². The Morgan fingerprint density at radius 2 is 0.925 bits per heavy atom. The molecule has 5 rings (SSSR count). The van der Waals surface area contributed by atoms with Crippen molar-refractivity contribution in [2.24, 2.45) is 0 Å². The van der Waals surface area contributed by atoms with Crippen molar-refractivity contribution in [1.82, 2.24) is 4.98 Å². The molecule has 1 heterocycles. The Hall–Kier alpha value is -4.44. The van der Waals surface area contributed by atoms with Crippen molar-refractivity contribution in [1.29, 1.82) is 0 Å². The number of halogens is 1. The minimum absolute atomic E-state index is 0.162. The van der Waals surface area contributed by atoms with Gasteiger partial charge in [0.05, 0.1) is 14.2 Å². The van der Waals surface area contributed by atoms with E-state index in [4.69, 9.17) is 9.47 Å². The van der Waals surface area contributed by atoms with Crippen LogP contribution in [0.1, 0.15) is 27.8 Å². The summed E-state index contributed by atoms with van der Waals surface area (Å²) in [6.07, 6.45) is 3.57. The molecule has 4 aromatic carbocycles. The van der Waals surface area contributed by atoms with E-state index in [1.54, 1.807) is 32.7 Å². The lowest BCUT2D eigenvalue weighted by molar-refractivity contribution is 0.414. The number of hydrogen-bond acceptors (Lipinski definition) is 3. The number of ether oxygens (including phenoxy) is 2. The second-order valence-electron chi connectivity index (χ2n) is 9.02. The number of hydrogen-bond donors (Lipinski definition) is 0. The van der Waals surface area contributed by atoms with Gasteiger partial charge in [-0.25, -0.2) is 4.39 Å². The third-order valence-corrected chi connectivity index (χ3v) is 5.25. The molecule has 4 heteroatoms. The Balaban J connectivity index is 0.000000251. The average molecular weight is 540 g/mol. The maximum absolute atomic E-state index is 12.2. The molecule has 0 saturated carbocycles. The summed E-state index contributed by atoms with van der Waals surface area (Å²) in [5.74, 6) is 1.68. The van der Waals surface area contributed by atoms with E-state index in [1.807, 2.05) is 106 Å². The quantitative estimate of drug-likeness (QED) is 0.224. The van der Waals surface area contributed by atoms with E-state index >= 15 is 0 Å². The molecule has 0 spiro atoms. The number of rotatable bonds is 2. The van der Waals surface area contributed by atoms with Crippen molar-refractivity contribution in [3.8, 4) is 11.5 Å². The highest BCUT2D eigenvalue weighted by Crippen LogP contribution is 2.10. The predicted molar refractivity (Wildman–Crippen MR) is 167 cm³/mol. The molecule has 1 aromatic heterocycles. The zero-order valence-electron chi connectivity index (χ0n) is 24.8. The summed E-state index contributed by atoms with van der Waals surface area (Å²) in [6.45, 7) is 10.1. The van der Waals surface area contributed by atoms with Gasteiger partial charge in [-0.3, -0.25) is 4.98 Å². The van der Waals surface area contributed by atoms with Crippen molar-refractivity contribution < 1.29 is 13.9 Å². The topological polar surface area (TPSA) is 31.4 Å². The second-order valence-corrected chi connectivity index (χ2v) is 9.02. The van der Waals surface area contributed by atoms with E-state index in [0.717, 1.165) is 17.1 Å². The van der Waals surface area contributed by atoms with Crippen LogP contribution in [0.4, 0.5) is 4.39 Å². The van der Waals surface area contributed by atoms with Gasteiger partial charge in [0.25, 0.3) is 0 Å². The largest absolute Gasteiger partial charge is 0.497 e. The number of benzene rings is 4. The summed E-state index contributed by atoms with van der Waals surface area (Å²) in [7, 11) is 3.35. The van der Waals surface area contributed by atoms with Crippen molar-refractivity contribution >= 4 is 0 Å². The minimum Gasteiger partial charge on any atom is -0.497 e. The van der Waals surface area contributed by atoms with Gasteiger partial charge in [-0.15, -0.1) is 0 Å². The van der Waals surface area contributed by atoms with E-state index < -0.39 is 0 Å². The summed E-state index contributed by atoms with van der Waals surface area (Å²) < 4.78 is 22.1. The van der Waals surface area contributed by atoms with Gasteiger partial charge in [0.2, 0.25) is 0 Å². The predicted octanol–water partition coefficient (Wildman–Crippen LogP) is 9.53. The molecule has 0 saturated heterocycles. The summed E-state index contributed by atoms with van der Waals surface area (Å²) in [5.41, 5.74) is 6.03. The maximum Gasteiger partial charge on any atom is 0.123 e. The molecule has 0 unspecified atom stereocenters. The van der Waals surface area contributed by atoms with E-state index in [9.17, 15) is 4.39 Å². The van der Waals surface area contributed by atoms with Crippen LogP contribution < -0.4 is 9.47 Å². The highest BCUT2D eigenvalue weighted by molar-refractivity contribution is 5.27. The minimum atomic E-state index is -0.162. The first-order chi connectivity index (χ1) is 19.2. The lowest BCUT2D eigenvalue weighted by atomic mass is 10.2. The van der Waals surface area contributed by atoms with Crippen molar-refractivity contribution in [2.45, 2.75) is 34.6 Å². The monoisotopic (exact) mass is 539 g/mol. The molecule has 5 aromatic rings. The SMILES string of the molecule is COc1ccc(C)cc1.COc1cccc(C)c1.Cc1cccc(F)c1.Cc1ccccc1.Cc1ccncc1. The zero-order chi connectivity index (χ0) is 29.6. The summed E-state index contributed by atoms with van der Waals surface area (Å²) in [6, 6.07) is 36.6. The Labute approximate surface area is 240 Å². The molecule has 0 fully saturated rings. The Morgan fingerprint density at radius 1 is 0.450 bits per heavy atom. The molecule has 0 amide bonds. The number of methoxy groups -OCH3 is 2. The molecule has 0 radical (unpaired) electrons. The van der Waals surface area contributed by atoms with Gasteiger partial charge in [-0.1, -0.05) is 77.9 Å². The molecule has 0 aliphatic heterocycles. The van der Waals surface area contributed by atoms with Gasteiger partial charge in [-0.2, -0.15) is 0 Å². The summed E-state index contributed by atoms with van der Waals surface area (Å²) in [4.78, 5) is 3.85. The maximum atomic E-state index is 12.2.